The molecule has 1 fully saturated rings. The Balaban J connectivity index is 1.86. The first-order valence-electron chi connectivity index (χ1n) is 5.93. The molecule has 0 bridgehead atoms. The summed E-state index contributed by atoms with van der Waals surface area (Å²) in [7, 11) is 0. The molecule has 0 aromatic carbocycles. The Hall–Kier alpha value is -1.17. The molecule has 1 aromatic heterocycles. The predicted molar refractivity (Wildman–Crippen MR) is 69.2 cm³/mol. The zero-order valence-corrected chi connectivity index (χ0v) is 11.1. The standard InChI is InChI=1S/C13H16O4S/c1-2-15-12(14)5-3-4-10-8-11(18-9-10)13-16-6-7-17-13/h3-4,8-9,13H,2,5-7H2,1H3. The summed E-state index contributed by atoms with van der Waals surface area (Å²) in [5.74, 6) is -0.202. The van der Waals surface area contributed by atoms with Crippen LogP contribution in [-0.4, -0.2) is 25.8 Å². The van der Waals surface area contributed by atoms with E-state index in [0.717, 1.165) is 10.4 Å². The highest BCUT2D eigenvalue weighted by Gasteiger charge is 2.19. The summed E-state index contributed by atoms with van der Waals surface area (Å²) in [5.41, 5.74) is 1.05. The van der Waals surface area contributed by atoms with Gasteiger partial charge in [0.15, 0.2) is 6.29 Å². The van der Waals surface area contributed by atoms with Crippen LogP contribution < -0.4 is 0 Å². The molecule has 0 unspecified atom stereocenters. The molecule has 1 aromatic rings. The minimum atomic E-state index is -0.220. The van der Waals surface area contributed by atoms with Crippen molar-refractivity contribution >= 4 is 23.4 Å². The normalized spacial score (nSPS) is 16.5. The average Bonchev–Trinajstić information content (AvgIpc) is 2.99. The van der Waals surface area contributed by atoms with Gasteiger partial charge in [-0.15, -0.1) is 11.3 Å². The van der Waals surface area contributed by atoms with Gasteiger partial charge in [0.25, 0.3) is 0 Å². The molecule has 0 N–H and O–H groups in total. The second kappa shape index (κ2) is 6.68. The molecule has 0 aliphatic carbocycles. The van der Waals surface area contributed by atoms with Gasteiger partial charge >= 0.3 is 5.97 Å². The monoisotopic (exact) mass is 268 g/mol. The Morgan fingerprint density at radius 2 is 2.33 bits per heavy atom. The smallest absolute Gasteiger partial charge is 0.309 e. The van der Waals surface area contributed by atoms with E-state index < -0.39 is 0 Å². The number of hydrogen-bond donors (Lipinski definition) is 0. The van der Waals surface area contributed by atoms with Crippen LogP contribution in [0, 0.1) is 0 Å². The van der Waals surface area contributed by atoms with Crippen molar-refractivity contribution in [2.24, 2.45) is 0 Å². The van der Waals surface area contributed by atoms with Crippen molar-refractivity contribution in [2.45, 2.75) is 19.6 Å². The number of hydrogen-bond acceptors (Lipinski definition) is 5. The first-order valence-corrected chi connectivity index (χ1v) is 6.81. The fourth-order valence-corrected chi connectivity index (χ4v) is 2.48. The largest absolute Gasteiger partial charge is 0.466 e. The SMILES string of the molecule is CCOC(=O)CC=Cc1csc(C2OCCO2)c1. The van der Waals surface area contributed by atoms with Crippen LogP contribution in [-0.2, 0) is 19.0 Å². The van der Waals surface area contributed by atoms with Gasteiger partial charge in [-0.2, -0.15) is 0 Å². The Bertz CT molecular complexity index is 418. The maximum absolute atomic E-state index is 11.1. The Kier molecular flexibility index (Phi) is 4.92. The zero-order valence-electron chi connectivity index (χ0n) is 10.3. The van der Waals surface area contributed by atoms with Crippen LogP contribution in [0.5, 0.6) is 0 Å². The summed E-state index contributed by atoms with van der Waals surface area (Å²) in [6.45, 7) is 3.52. The van der Waals surface area contributed by atoms with Gasteiger partial charge in [0.1, 0.15) is 0 Å². The van der Waals surface area contributed by atoms with Crippen LogP contribution in [0.2, 0.25) is 0 Å². The highest BCUT2D eigenvalue weighted by Crippen LogP contribution is 2.29. The number of carbonyl (C=O) groups is 1. The number of carbonyl (C=O) groups excluding carboxylic acids is 1. The highest BCUT2D eigenvalue weighted by molar-refractivity contribution is 7.10. The molecule has 1 saturated heterocycles. The van der Waals surface area contributed by atoms with Crippen LogP contribution >= 0.6 is 11.3 Å². The minimum absolute atomic E-state index is 0.202. The number of rotatable bonds is 5. The summed E-state index contributed by atoms with van der Waals surface area (Å²) in [6.07, 6.45) is 3.80. The molecule has 98 valence electrons. The van der Waals surface area contributed by atoms with E-state index in [4.69, 9.17) is 14.2 Å². The van der Waals surface area contributed by atoms with Crippen LogP contribution in [0.25, 0.3) is 6.08 Å². The van der Waals surface area contributed by atoms with Gasteiger partial charge in [0, 0.05) is 0 Å². The van der Waals surface area contributed by atoms with Crippen molar-refractivity contribution in [3.8, 4) is 0 Å². The van der Waals surface area contributed by atoms with Crippen LogP contribution in [0.4, 0.5) is 0 Å². The Morgan fingerprint density at radius 1 is 1.56 bits per heavy atom. The van der Waals surface area contributed by atoms with Crippen LogP contribution in [0.15, 0.2) is 17.5 Å². The molecule has 1 aliphatic rings. The topological polar surface area (TPSA) is 44.8 Å². The molecule has 18 heavy (non-hydrogen) atoms. The molecule has 0 spiro atoms. The molecular weight excluding hydrogens is 252 g/mol. The second-order valence-electron chi connectivity index (χ2n) is 3.77. The van der Waals surface area contributed by atoms with Crippen molar-refractivity contribution in [2.75, 3.05) is 19.8 Å². The first kappa shape index (κ1) is 13.3. The molecular formula is C13H16O4S. The molecule has 2 heterocycles. The van der Waals surface area contributed by atoms with Gasteiger partial charge in [-0.25, -0.2) is 0 Å². The van der Waals surface area contributed by atoms with Gasteiger partial charge < -0.3 is 14.2 Å². The molecule has 0 atom stereocenters. The van der Waals surface area contributed by atoms with E-state index in [2.05, 4.69) is 0 Å². The fraction of sp³-hybridized carbons (Fsp3) is 0.462. The lowest BCUT2D eigenvalue weighted by molar-refractivity contribution is -0.142. The minimum Gasteiger partial charge on any atom is -0.466 e. The van der Waals surface area contributed by atoms with E-state index in [9.17, 15) is 4.79 Å². The lowest BCUT2D eigenvalue weighted by Gasteiger charge is -2.04. The van der Waals surface area contributed by atoms with Gasteiger partial charge in [-0.3, -0.25) is 4.79 Å². The molecule has 2 rings (SSSR count). The third kappa shape index (κ3) is 3.66. The van der Waals surface area contributed by atoms with Crippen molar-refractivity contribution in [1.82, 2.24) is 0 Å². The average molecular weight is 268 g/mol. The molecule has 0 saturated carbocycles. The predicted octanol–water partition coefficient (Wildman–Crippen LogP) is 2.76. The molecule has 0 radical (unpaired) electrons. The van der Waals surface area contributed by atoms with Crippen LogP contribution in [0.3, 0.4) is 0 Å². The van der Waals surface area contributed by atoms with E-state index >= 15 is 0 Å². The molecule has 4 nitrogen and oxygen atoms in total. The number of thiophene rings is 1. The zero-order chi connectivity index (χ0) is 12.8. The quantitative estimate of drug-likeness (QED) is 0.770. The lowest BCUT2D eigenvalue weighted by Crippen LogP contribution is -2.01. The van der Waals surface area contributed by atoms with Gasteiger partial charge in [-0.05, 0) is 23.9 Å². The third-order valence-corrected chi connectivity index (χ3v) is 3.37. The van der Waals surface area contributed by atoms with E-state index in [1.165, 1.54) is 0 Å². The lowest BCUT2D eigenvalue weighted by atomic mass is 10.2. The molecule has 1 aliphatic heterocycles. The van der Waals surface area contributed by atoms with Gasteiger partial charge in [-0.1, -0.05) is 12.2 Å². The van der Waals surface area contributed by atoms with E-state index in [-0.39, 0.29) is 12.3 Å². The van der Waals surface area contributed by atoms with E-state index in [1.54, 1.807) is 24.3 Å². The Morgan fingerprint density at radius 3 is 3.06 bits per heavy atom. The number of esters is 1. The van der Waals surface area contributed by atoms with Crippen molar-refractivity contribution < 1.29 is 19.0 Å². The van der Waals surface area contributed by atoms with Gasteiger partial charge in [0.05, 0.1) is 31.1 Å². The molecule has 0 amide bonds. The van der Waals surface area contributed by atoms with Gasteiger partial charge in [0.2, 0.25) is 0 Å². The summed E-state index contributed by atoms with van der Waals surface area (Å²) in [4.78, 5) is 12.2. The number of ether oxygens (including phenoxy) is 3. The third-order valence-electron chi connectivity index (χ3n) is 2.39. The van der Waals surface area contributed by atoms with E-state index in [0.29, 0.717) is 26.2 Å². The fourth-order valence-electron chi connectivity index (χ4n) is 1.61. The summed E-state index contributed by atoms with van der Waals surface area (Å²) >= 11 is 1.60. The first-order chi connectivity index (χ1) is 8.79. The van der Waals surface area contributed by atoms with Crippen molar-refractivity contribution in [3.05, 3.63) is 28.0 Å². The van der Waals surface area contributed by atoms with Crippen LogP contribution in [0.1, 0.15) is 30.1 Å². The highest BCUT2D eigenvalue weighted by atomic mass is 32.1. The van der Waals surface area contributed by atoms with E-state index in [1.807, 2.05) is 17.5 Å². The summed E-state index contributed by atoms with van der Waals surface area (Å²) < 4.78 is 15.7. The maximum Gasteiger partial charge on any atom is 0.309 e. The van der Waals surface area contributed by atoms with Crippen molar-refractivity contribution in [3.63, 3.8) is 0 Å². The summed E-state index contributed by atoms with van der Waals surface area (Å²) in [6, 6.07) is 2.02. The second-order valence-corrected chi connectivity index (χ2v) is 4.71. The Labute approximate surface area is 110 Å². The molecule has 5 heteroatoms. The van der Waals surface area contributed by atoms with Crippen molar-refractivity contribution in [1.29, 1.82) is 0 Å². The summed E-state index contributed by atoms with van der Waals surface area (Å²) in [5, 5.41) is 2.02. The maximum atomic E-state index is 11.1.